The van der Waals surface area contributed by atoms with Gasteiger partial charge in [-0.15, -0.1) is 0 Å². The van der Waals surface area contributed by atoms with E-state index < -0.39 is 0 Å². The molecule has 3 N–H and O–H groups in total. The first-order chi connectivity index (χ1) is 6.27. The molecule has 0 fully saturated rings. The fraction of sp³-hybridized carbons (Fsp3) is 0.400. The molecule has 1 rings (SSSR count). The molecule has 1 aromatic carbocycles. The summed E-state index contributed by atoms with van der Waals surface area (Å²) in [4.78, 5) is 0. The first-order valence-electron chi connectivity index (χ1n) is 4.37. The molecule has 0 radical (unpaired) electrons. The smallest absolute Gasteiger partial charge is 0.0381 e. The zero-order valence-electron chi connectivity index (χ0n) is 7.81. The van der Waals surface area contributed by atoms with Crippen LogP contribution in [0.1, 0.15) is 11.1 Å². The zero-order valence-corrected chi connectivity index (χ0v) is 9.97. The molecule has 0 spiro atoms. The standard InChI is InChI=1S/C10H15IN2/c1-8-2-3-10(13-5-4-12)9(6-8)7-11/h2-3,6,13H,4-5,7,12H2,1H3. The highest BCUT2D eigenvalue weighted by Gasteiger charge is 1.99. The molecule has 72 valence electrons. The molecular weight excluding hydrogens is 275 g/mol. The summed E-state index contributed by atoms with van der Waals surface area (Å²) >= 11 is 2.38. The summed E-state index contributed by atoms with van der Waals surface area (Å²) in [5.41, 5.74) is 9.31. The van der Waals surface area contributed by atoms with Gasteiger partial charge in [-0.05, 0) is 18.6 Å². The van der Waals surface area contributed by atoms with Gasteiger partial charge in [-0.1, -0.05) is 40.3 Å². The number of hydrogen-bond acceptors (Lipinski definition) is 2. The van der Waals surface area contributed by atoms with Gasteiger partial charge in [0, 0.05) is 23.2 Å². The maximum atomic E-state index is 5.43. The highest BCUT2D eigenvalue weighted by Crippen LogP contribution is 2.19. The summed E-state index contributed by atoms with van der Waals surface area (Å²) in [5, 5.41) is 3.31. The number of aryl methyl sites for hydroxylation is 1. The molecule has 0 aliphatic carbocycles. The van der Waals surface area contributed by atoms with Crippen LogP contribution in [0.4, 0.5) is 5.69 Å². The Labute approximate surface area is 93.0 Å². The van der Waals surface area contributed by atoms with E-state index in [-0.39, 0.29) is 0 Å². The van der Waals surface area contributed by atoms with Gasteiger partial charge in [-0.25, -0.2) is 0 Å². The van der Waals surface area contributed by atoms with E-state index in [4.69, 9.17) is 5.73 Å². The minimum Gasteiger partial charge on any atom is -0.384 e. The lowest BCUT2D eigenvalue weighted by Crippen LogP contribution is -2.13. The Morgan fingerprint density at radius 1 is 1.46 bits per heavy atom. The van der Waals surface area contributed by atoms with Gasteiger partial charge in [0.15, 0.2) is 0 Å². The second kappa shape index (κ2) is 5.44. The third kappa shape index (κ3) is 3.15. The predicted octanol–water partition coefficient (Wildman–Crippen LogP) is 2.30. The van der Waals surface area contributed by atoms with E-state index in [9.17, 15) is 0 Å². The van der Waals surface area contributed by atoms with E-state index in [2.05, 4.69) is 53.0 Å². The number of alkyl halides is 1. The fourth-order valence-corrected chi connectivity index (χ4v) is 1.84. The van der Waals surface area contributed by atoms with Crippen LogP contribution in [0.3, 0.4) is 0 Å². The molecule has 0 aliphatic heterocycles. The van der Waals surface area contributed by atoms with E-state index in [1.54, 1.807) is 0 Å². The van der Waals surface area contributed by atoms with Crippen LogP contribution in [-0.2, 0) is 4.43 Å². The molecular formula is C10H15IN2. The van der Waals surface area contributed by atoms with E-state index >= 15 is 0 Å². The molecule has 1 aromatic rings. The molecule has 0 bridgehead atoms. The van der Waals surface area contributed by atoms with Gasteiger partial charge in [0.25, 0.3) is 0 Å². The number of nitrogens with one attached hydrogen (secondary N) is 1. The van der Waals surface area contributed by atoms with E-state index in [1.807, 2.05) is 0 Å². The lowest BCUT2D eigenvalue weighted by Gasteiger charge is -2.10. The normalized spacial score (nSPS) is 10.1. The molecule has 2 nitrogen and oxygen atoms in total. The van der Waals surface area contributed by atoms with Crippen molar-refractivity contribution in [2.24, 2.45) is 5.73 Å². The molecule has 0 unspecified atom stereocenters. The van der Waals surface area contributed by atoms with Gasteiger partial charge in [-0.3, -0.25) is 0 Å². The van der Waals surface area contributed by atoms with Crippen LogP contribution >= 0.6 is 22.6 Å². The minimum absolute atomic E-state index is 0.675. The van der Waals surface area contributed by atoms with Gasteiger partial charge in [0.2, 0.25) is 0 Å². The Kier molecular flexibility index (Phi) is 4.52. The minimum atomic E-state index is 0.675. The largest absolute Gasteiger partial charge is 0.384 e. The number of nitrogens with two attached hydrogens (primary N) is 1. The summed E-state index contributed by atoms with van der Waals surface area (Å²) in [7, 11) is 0. The van der Waals surface area contributed by atoms with Crippen molar-refractivity contribution in [1.82, 2.24) is 0 Å². The molecule has 13 heavy (non-hydrogen) atoms. The van der Waals surface area contributed by atoms with Gasteiger partial charge < -0.3 is 11.1 Å². The molecule has 0 atom stereocenters. The number of halogens is 1. The van der Waals surface area contributed by atoms with Crippen LogP contribution in [0.2, 0.25) is 0 Å². The Bertz CT molecular complexity index is 274. The number of anilines is 1. The lowest BCUT2D eigenvalue weighted by molar-refractivity contribution is 1.02. The quantitative estimate of drug-likeness (QED) is 0.659. The van der Waals surface area contributed by atoms with Crippen molar-refractivity contribution < 1.29 is 0 Å². The molecule has 0 aromatic heterocycles. The van der Waals surface area contributed by atoms with E-state index in [1.165, 1.54) is 16.8 Å². The summed E-state index contributed by atoms with van der Waals surface area (Å²) in [6, 6.07) is 6.46. The van der Waals surface area contributed by atoms with Gasteiger partial charge in [0.05, 0.1) is 0 Å². The Hall–Kier alpha value is -0.290. The van der Waals surface area contributed by atoms with Crippen molar-refractivity contribution in [3.8, 4) is 0 Å². The van der Waals surface area contributed by atoms with Crippen molar-refractivity contribution in [1.29, 1.82) is 0 Å². The fourth-order valence-electron chi connectivity index (χ4n) is 1.21. The molecule has 0 aliphatic rings. The van der Waals surface area contributed by atoms with Crippen LogP contribution in [0.15, 0.2) is 18.2 Å². The second-order valence-electron chi connectivity index (χ2n) is 3.01. The average Bonchev–Trinajstić information content (AvgIpc) is 2.16. The van der Waals surface area contributed by atoms with Crippen LogP contribution in [0.25, 0.3) is 0 Å². The van der Waals surface area contributed by atoms with Crippen LogP contribution in [0.5, 0.6) is 0 Å². The number of rotatable bonds is 4. The Morgan fingerprint density at radius 3 is 2.85 bits per heavy atom. The number of benzene rings is 1. The number of hydrogen-bond donors (Lipinski definition) is 2. The summed E-state index contributed by atoms with van der Waals surface area (Å²) in [6.45, 7) is 3.63. The van der Waals surface area contributed by atoms with Gasteiger partial charge >= 0.3 is 0 Å². The third-order valence-corrected chi connectivity index (χ3v) is 2.69. The summed E-state index contributed by atoms with van der Waals surface area (Å²) in [6.07, 6.45) is 0. The highest BCUT2D eigenvalue weighted by atomic mass is 127. The zero-order chi connectivity index (χ0) is 9.68. The van der Waals surface area contributed by atoms with Crippen molar-refractivity contribution in [2.45, 2.75) is 11.4 Å². The van der Waals surface area contributed by atoms with Crippen molar-refractivity contribution in [2.75, 3.05) is 18.4 Å². The average molecular weight is 290 g/mol. The highest BCUT2D eigenvalue weighted by molar-refractivity contribution is 14.1. The summed E-state index contributed by atoms with van der Waals surface area (Å²) < 4.78 is 1.03. The first-order valence-corrected chi connectivity index (χ1v) is 5.90. The van der Waals surface area contributed by atoms with E-state index in [0.717, 1.165) is 11.0 Å². The molecule has 0 saturated heterocycles. The molecule has 0 saturated carbocycles. The lowest BCUT2D eigenvalue weighted by atomic mass is 10.1. The van der Waals surface area contributed by atoms with E-state index in [0.29, 0.717) is 6.54 Å². The molecule has 3 heteroatoms. The van der Waals surface area contributed by atoms with Crippen molar-refractivity contribution >= 4 is 28.3 Å². The van der Waals surface area contributed by atoms with Crippen LogP contribution in [-0.4, -0.2) is 13.1 Å². The molecule has 0 heterocycles. The van der Waals surface area contributed by atoms with Gasteiger partial charge in [0.1, 0.15) is 0 Å². The maximum Gasteiger partial charge on any atom is 0.0381 e. The summed E-state index contributed by atoms with van der Waals surface area (Å²) in [5.74, 6) is 0. The predicted molar refractivity (Wildman–Crippen MR) is 66.4 cm³/mol. The topological polar surface area (TPSA) is 38.0 Å². The third-order valence-electron chi connectivity index (χ3n) is 1.86. The SMILES string of the molecule is Cc1ccc(NCCN)c(CI)c1. The van der Waals surface area contributed by atoms with Crippen LogP contribution < -0.4 is 11.1 Å². The van der Waals surface area contributed by atoms with Crippen molar-refractivity contribution in [3.05, 3.63) is 29.3 Å². The Morgan fingerprint density at radius 2 is 2.23 bits per heavy atom. The maximum absolute atomic E-state index is 5.43. The van der Waals surface area contributed by atoms with Crippen LogP contribution in [0, 0.1) is 6.92 Å². The van der Waals surface area contributed by atoms with Gasteiger partial charge in [-0.2, -0.15) is 0 Å². The second-order valence-corrected chi connectivity index (χ2v) is 3.77. The monoisotopic (exact) mass is 290 g/mol. The van der Waals surface area contributed by atoms with Crippen molar-refractivity contribution in [3.63, 3.8) is 0 Å². The Balaban J connectivity index is 2.79. The molecule has 0 amide bonds. The first kappa shape index (κ1) is 10.8.